The van der Waals surface area contributed by atoms with E-state index in [9.17, 15) is 0 Å². The summed E-state index contributed by atoms with van der Waals surface area (Å²) >= 11 is 0. The highest BCUT2D eigenvalue weighted by Crippen LogP contribution is 2.34. The van der Waals surface area contributed by atoms with Crippen molar-refractivity contribution in [1.29, 1.82) is 0 Å². The van der Waals surface area contributed by atoms with E-state index in [1.165, 1.54) is 0 Å². The van der Waals surface area contributed by atoms with Gasteiger partial charge in [0.05, 0.1) is 25.0 Å². The number of ether oxygens (including phenoxy) is 3. The van der Waals surface area contributed by atoms with Crippen LogP contribution < -0.4 is 14.8 Å². The third kappa shape index (κ3) is 4.60. The molecule has 152 valence electrons. The largest absolute Gasteiger partial charge is 0.490 e. The summed E-state index contributed by atoms with van der Waals surface area (Å²) in [6.07, 6.45) is 2.95. The number of hydrogen-bond acceptors (Lipinski definition) is 5. The number of hydrogen-bond donors (Lipinski definition) is 1. The van der Waals surface area contributed by atoms with E-state index >= 15 is 0 Å². The van der Waals surface area contributed by atoms with Crippen LogP contribution in [0, 0.1) is 0 Å². The van der Waals surface area contributed by atoms with Crippen molar-refractivity contribution in [2.75, 3.05) is 26.9 Å². The van der Waals surface area contributed by atoms with E-state index in [2.05, 4.69) is 28.7 Å². The van der Waals surface area contributed by atoms with Crippen LogP contribution in [0.5, 0.6) is 11.5 Å². The van der Waals surface area contributed by atoms with Crippen LogP contribution in [0.4, 0.5) is 0 Å². The fourth-order valence-corrected chi connectivity index (χ4v) is 3.56. The Labute approximate surface area is 171 Å². The Kier molecular flexibility index (Phi) is 6.12. The maximum atomic E-state index is 5.84. The topological polar surface area (TPSA) is 57.5 Å². The van der Waals surface area contributed by atoms with Crippen molar-refractivity contribution in [1.82, 2.24) is 15.1 Å². The molecule has 2 heterocycles. The average molecular weight is 393 g/mol. The van der Waals surface area contributed by atoms with Crippen LogP contribution in [-0.4, -0.2) is 36.6 Å². The van der Waals surface area contributed by atoms with Crippen molar-refractivity contribution in [3.63, 3.8) is 0 Å². The van der Waals surface area contributed by atoms with Crippen LogP contribution in [0.3, 0.4) is 0 Å². The van der Waals surface area contributed by atoms with Crippen LogP contribution in [-0.2, 0) is 18.3 Å². The first-order valence-corrected chi connectivity index (χ1v) is 9.95. The molecule has 3 aromatic rings. The van der Waals surface area contributed by atoms with Gasteiger partial charge in [0.1, 0.15) is 0 Å². The van der Waals surface area contributed by atoms with E-state index in [-0.39, 0.29) is 6.10 Å². The van der Waals surface area contributed by atoms with E-state index in [0.717, 1.165) is 46.8 Å². The molecule has 1 unspecified atom stereocenters. The normalized spacial score (nSPS) is 14.4. The van der Waals surface area contributed by atoms with E-state index in [4.69, 9.17) is 14.2 Å². The number of aryl methyl sites for hydroxylation is 1. The van der Waals surface area contributed by atoms with Crippen LogP contribution >= 0.6 is 0 Å². The molecule has 1 aliphatic heterocycles. The minimum absolute atomic E-state index is 0.00867. The van der Waals surface area contributed by atoms with Gasteiger partial charge < -0.3 is 19.5 Å². The summed E-state index contributed by atoms with van der Waals surface area (Å²) < 4.78 is 19.1. The van der Waals surface area contributed by atoms with Gasteiger partial charge in [0.25, 0.3) is 0 Å². The van der Waals surface area contributed by atoms with Gasteiger partial charge in [-0.1, -0.05) is 30.3 Å². The lowest BCUT2D eigenvalue weighted by Crippen LogP contribution is -2.22. The van der Waals surface area contributed by atoms with E-state index < -0.39 is 0 Å². The van der Waals surface area contributed by atoms with Gasteiger partial charge in [-0.05, 0) is 23.8 Å². The first-order chi connectivity index (χ1) is 14.2. The monoisotopic (exact) mass is 393 g/mol. The molecule has 2 aromatic carbocycles. The number of benzene rings is 2. The molecule has 0 radical (unpaired) electrons. The maximum absolute atomic E-state index is 5.84. The van der Waals surface area contributed by atoms with Crippen LogP contribution in [0.2, 0.25) is 0 Å². The second-order valence-corrected chi connectivity index (χ2v) is 7.15. The lowest BCUT2D eigenvalue weighted by Gasteiger charge is -2.16. The number of fused-ring (bicyclic) bond motifs is 1. The Morgan fingerprint density at radius 3 is 2.69 bits per heavy atom. The van der Waals surface area contributed by atoms with Crippen molar-refractivity contribution < 1.29 is 14.2 Å². The fourth-order valence-electron chi connectivity index (χ4n) is 3.56. The zero-order valence-corrected chi connectivity index (χ0v) is 16.9. The van der Waals surface area contributed by atoms with Gasteiger partial charge >= 0.3 is 0 Å². The molecule has 0 fully saturated rings. The third-order valence-electron chi connectivity index (χ3n) is 5.03. The molecule has 0 amide bonds. The highest BCUT2D eigenvalue weighted by molar-refractivity contribution is 5.66. The zero-order chi connectivity index (χ0) is 20.1. The quantitative estimate of drug-likeness (QED) is 0.663. The molecule has 1 aromatic heterocycles. The van der Waals surface area contributed by atoms with Gasteiger partial charge in [-0.3, -0.25) is 4.68 Å². The Balaban J connectivity index is 1.48. The predicted octanol–water partition coefficient (Wildman–Crippen LogP) is 3.73. The molecule has 0 bridgehead atoms. The molecule has 0 aliphatic carbocycles. The number of nitrogens with zero attached hydrogens (tertiary/aromatic N) is 2. The summed E-state index contributed by atoms with van der Waals surface area (Å²) in [4.78, 5) is 0. The van der Waals surface area contributed by atoms with Gasteiger partial charge in [-0.25, -0.2) is 0 Å². The molecule has 0 saturated heterocycles. The lowest BCUT2D eigenvalue weighted by molar-refractivity contribution is 0.102. The maximum Gasteiger partial charge on any atom is 0.161 e. The highest BCUT2D eigenvalue weighted by Gasteiger charge is 2.16. The second-order valence-electron chi connectivity index (χ2n) is 7.15. The van der Waals surface area contributed by atoms with Crippen molar-refractivity contribution >= 4 is 0 Å². The summed E-state index contributed by atoms with van der Waals surface area (Å²) in [7, 11) is 3.69. The number of nitrogens with one attached hydrogen (secondary N) is 1. The molecule has 1 aliphatic rings. The lowest BCUT2D eigenvalue weighted by atomic mass is 10.1. The summed E-state index contributed by atoms with van der Waals surface area (Å²) in [6, 6.07) is 16.3. The fraction of sp³-hybridized carbons (Fsp3) is 0.348. The minimum atomic E-state index is 0.00867. The summed E-state index contributed by atoms with van der Waals surface area (Å²) in [5.74, 6) is 1.58. The molecule has 29 heavy (non-hydrogen) atoms. The van der Waals surface area contributed by atoms with Gasteiger partial charge in [0.2, 0.25) is 0 Å². The predicted molar refractivity (Wildman–Crippen MR) is 112 cm³/mol. The van der Waals surface area contributed by atoms with E-state index in [1.54, 1.807) is 7.11 Å². The highest BCUT2D eigenvalue weighted by atomic mass is 16.5. The van der Waals surface area contributed by atoms with Gasteiger partial charge in [0, 0.05) is 51.0 Å². The third-order valence-corrected chi connectivity index (χ3v) is 5.03. The first kappa shape index (κ1) is 19.5. The number of methoxy groups -OCH3 is 1. The van der Waals surface area contributed by atoms with Crippen LogP contribution in [0.1, 0.15) is 23.7 Å². The molecule has 0 saturated carbocycles. The summed E-state index contributed by atoms with van der Waals surface area (Å²) in [5.41, 5.74) is 4.27. The Morgan fingerprint density at radius 2 is 1.90 bits per heavy atom. The molecule has 1 N–H and O–H groups in total. The molecule has 4 rings (SSSR count). The molecular formula is C23H27N3O3. The number of aromatic nitrogens is 2. The Hall–Kier alpha value is -2.83. The molecule has 0 spiro atoms. The standard InChI is InChI=1S/C23H27N3O3/c1-26-16-19(14-24-15-22(27-2)17-7-4-3-5-8-17)23(25-26)18-9-10-20-21(13-18)29-12-6-11-28-20/h3-5,7-10,13,16,22,24H,6,11-12,14-15H2,1-2H3. The van der Waals surface area contributed by atoms with Gasteiger partial charge in [0.15, 0.2) is 11.5 Å². The summed E-state index contributed by atoms with van der Waals surface area (Å²) in [6.45, 7) is 2.78. The zero-order valence-electron chi connectivity index (χ0n) is 16.9. The molecule has 6 heteroatoms. The molecular weight excluding hydrogens is 366 g/mol. The van der Waals surface area contributed by atoms with Crippen LogP contribution in [0.25, 0.3) is 11.3 Å². The van der Waals surface area contributed by atoms with E-state index in [0.29, 0.717) is 19.8 Å². The molecule has 1 atom stereocenters. The molecule has 6 nitrogen and oxygen atoms in total. The Bertz CT molecular complexity index is 940. The smallest absolute Gasteiger partial charge is 0.161 e. The van der Waals surface area contributed by atoms with E-state index in [1.807, 2.05) is 48.1 Å². The van der Waals surface area contributed by atoms with Crippen molar-refractivity contribution in [2.24, 2.45) is 7.05 Å². The van der Waals surface area contributed by atoms with Crippen molar-refractivity contribution in [2.45, 2.75) is 19.1 Å². The summed E-state index contributed by atoms with van der Waals surface area (Å²) in [5, 5.41) is 8.19. The number of rotatable bonds is 7. The first-order valence-electron chi connectivity index (χ1n) is 9.95. The SMILES string of the molecule is COC(CNCc1cn(C)nc1-c1ccc2c(c1)OCCCO2)c1ccccc1. The van der Waals surface area contributed by atoms with Gasteiger partial charge in [-0.2, -0.15) is 5.10 Å². The second kappa shape index (κ2) is 9.11. The van der Waals surface area contributed by atoms with Gasteiger partial charge in [-0.15, -0.1) is 0 Å². The van der Waals surface area contributed by atoms with Crippen LogP contribution in [0.15, 0.2) is 54.7 Å². The van der Waals surface area contributed by atoms with Crippen molar-refractivity contribution in [3.8, 4) is 22.8 Å². The van der Waals surface area contributed by atoms with Crippen molar-refractivity contribution in [3.05, 3.63) is 65.9 Å². The Morgan fingerprint density at radius 1 is 1.10 bits per heavy atom. The minimum Gasteiger partial charge on any atom is -0.490 e. The average Bonchev–Trinajstić information content (AvgIpc) is 2.96.